The summed E-state index contributed by atoms with van der Waals surface area (Å²) in [6.45, 7) is 9.46. The van der Waals surface area contributed by atoms with Crippen LogP contribution in [0.4, 0.5) is 0 Å². The molecule has 0 N–H and O–H groups in total. The average Bonchev–Trinajstić information content (AvgIpc) is 2.64. The van der Waals surface area contributed by atoms with E-state index in [1.165, 1.54) is 44.9 Å². The molecule has 1 rings (SSSR count). The van der Waals surface area contributed by atoms with Gasteiger partial charge in [0, 0.05) is 0 Å². The van der Waals surface area contributed by atoms with Crippen LogP contribution in [0.1, 0.15) is 79.1 Å². The molecule has 0 bridgehead atoms. The summed E-state index contributed by atoms with van der Waals surface area (Å²) in [6, 6.07) is 0. The van der Waals surface area contributed by atoms with Crippen molar-refractivity contribution in [2.24, 2.45) is 23.7 Å². The Morgan fingerprint density at radius 3 is 2.12 bits per heavy atom. The van der Waals surface area contributed by atoms with Gasteiger partial charge in [-0.05, 0) is 42.9 Å². The lowest BCUT2D eigenvalue weighted by Gasteiger charge is -2.19. The molecule has 0 aromatic heterocycles. The smallest absolute Gasteiger partial charge is 0.0409 e. The van der Waals surface area contributed by atoms with Crippen molar-refractivity contribution < 1.29 is 0 Å². The van der Waals surface area contributed by atoms with Crippen molar-refractivity contribution in [3.05, 3.63) is 0 Å². The lowest BCUT2D eigenvalue weighted by molar-refractivity contribution is 0.329. The van der Waals surface area contributed by atoms with Crippen LogP contribution < -0.4 is 0 Å². The Morgan fingerprint density at radius 1 is 1.00 bits per heavy atom. The van der Waals surface area contributed by atoms with E-state index in [4.69, 9.17) is 0 Å². The van der Waals surface area contributed by atoms with E-state index in [1.54, 1.807) is 6.42 Å². The monoisotopic (exact) mass is 224 g/mol. The van der Waals surface area contributed by atoms with Crippen molar-refractivity contribution in [2.45, 2.75) is 79.1 Å². The first-order valence-electron chi connectivity index (χ1n) is 7.65. The Labute approximate surface area is 103 Å². The van der Waals surface area contributed by atoms with Crippen LogP contribution in [-0.4, -0.2) is 0 Å². The summed E-state index contributed by atoms with van der Waals surface area (Å²) in [7, 11) is 0. The predicted molar refractivity (Wildman–Crippen MR) is 73.6 cm³/mol. The van der Waals surface area contributed by atoms with Gasteiger partial charge in [0.05, 0.1) is 0 Å². The van der Waals surface area contributed by atoms with Crippen LogP contribution in [0.15, 0.2) is 0 Å². The molecule has 3 atom stereocenters. The second-order valence-corrected chi connectivity index (χ2v) is 6.47. The van der Waals surface area contributed by atoms with Gasteiger partial charge in [-0.3, -0.25) is 0 Å². The van der Waals surface area contributed by atoms with Gasteiger partial charge >= 0.3 is 0 Å². The molecule has 96 valence electrons. The maximum absolute atomic E-state index is 2.38. The van der Waals surface area contributed by atoms with Crippen LogP contribution in [0.25, 0.3) is 0 Å². The maximum atomic E-state index is 2.38. The third-order valence-electron chi connectivity index (χ3n) is 4.40. The van der Waals surface area contributed by atoms with E-state index in [2.05, 4.69) is 27.7 Å². The summed E-state index contributed by atoms with van der Waals surface area (Å²) in [5, 5.41) is 0. The summed E-state index contributed by atoms with van der Waals surface area (Å²) in [6.07, 6.45) is 11.8. The van der Waals surface area contributed by atoms with E-state index in [9.17, 15) is 0 Å². The van der Waals surface area contributed by atoms with Crippen LogP contribution >= 0.6 is 0 Å². The van der Waals surface area contributed by atoms with E-state index in [-0.39, 0.29) is 0 Å². The van der Waals surface area contributed by atoms with Crippen LogP contribution in [0.3, 0.4) is 0 Å². The van der Waals surface area contributed by atoms with Crippen LogP contribution in [0.2, 0.25) is 0 Å². The molecule has 1 aliphatic carbocycles. The highest BCUT2D eigenvalue weighted by molar-refractivity contribution is 4.78. The number of hydrogen-bond donors (Lipinski definition) is 0. The Bertz CT molecular complexity index is 171. The molecule has 0 aromatic rings. The normalized spacial score (nSPS) is 27.6. The fourth-order valence-corrected chi connectivity index (χ4v) is 3.64. The first kappa shape index (κ1) is 14.1. The first-order valence-corrected chi connectivity index (χ1v) is 7.65. The highest BCUT2D eigenvalue weighted by atomic mass is 14.3. The van der Waals surface area contributed by atoms with E-state index >= 15 is 0 Å². The van der Waals surface area contributed by atoms with Crippen molar-refractivity contribution in [3.63, 3.8) is 0 Å². The fraction of sp³-hybridized carbons (Fsp3) is 1.00. The van der Waals surface area contributed by atoms with Gasteiger partial charge in [0.1, 0.15) is 0 Å². The Hall–Kier alpha value is 0. The van der Waals surface area contributed by atoms with Gasteiger partial charge in [-0.15, -0.1) is 0 Å². The molecule has 0 aromatic carbocycles. The van der Waals surface area contributed by atoms with Gasteiger partial charge in [-0.1, -0.05) is 59.8 Å². The van der Waals surface area contributed by atoms with Crippen LogP contribution in [0.5, 0.6) is 0 Å². The van der Waals surface area contributed by atoms with Crippen molar-refractivity contribution in [1.29, 1.82) is 0 Å². The minimum absolute atomic E-state index is 0.904. The molecule has 3 unspecified atom stereocenters. The van der Waals surface area contributed by atoms with Gasteiger partial charge < -0.3 is 0 Å². The van der Waals surface area contributed by atoms with Gasteiger partial charge in [-0.25, -0.2) is 0 Å². The molecular weight excluding hydrogens is 192 g/mol. The zero-order valence-corrected chi connectivity index (χ0v) is 12.0. The largest absolute Gasteiger partial charge is 0.0654 e. The van der Waals surface area contributed by atoms with Crippen LogP contribution in [-0.2, 0) is 0 Å². The van der Waals surface area contributed by atoms with E-state index in [0.717, 1.165) is 23.7 Å². The van der Waals surface area contributed by atoms with Crippen LogP contribution in [0, 0.1) is 23.7 Å². The Balaban J connectivity index is 2.24. The lowest BCUT2D eigenvalue weighted by Crippen LogP contribution is -2.07. The zero-order valence-electron chi connectivity index (χ0n) is 12.0. The second-order valence-electron chi connectivity index (χ2n) is 6.47. The summed E-state index contributed by atoms with van der Waals surface area (Å²) >= 11 is 0. The molecular formula is C16H32. The fourth-order valence-electron chi connectivity index (χ4n) is 3.64. The van der Waals surface area contributed by atoms with Gasteiger partial charge in [0.15, 0.2) is 0 Å². The standard InChI is InChI=1S/C16H32/c1-5-7-14(6-2)11-16-9-8-15(12-16)10-13(3)4/h13-16H,5-12H2,1-4H3. The van der Waals surface area contributed by atoms with Crippen molar-refractivity contribution in [3.8, 4) is 0 Å². The highest BCUT2D eigenvalue weighted by Crippen LogP contribution is 2.39. The summed E-state index contributed by atoms with van der Waals surface area (Å²) in [5.41, 5.74) is 0. The van der Waals surface area contributed by atoms with Gasteiger partial charge in [0.2, 0.25) is 0 Å². The zero-order chi connectivity index (χ0) is 12.0. The minimum atomic E-state index is 0.904. The SMILES string of the molecule is CCCC(CC)CC1CCC(CC(C)C)C1. The molecule has 0 heteroatoms. The summed E-state index contributed by atoms with van der Waals surface area (Å²) in [4.78, 5) is 0. The molecule has 16 heavy (non-hydrogen) atoms. The van der Waals surface area contributed by atoms with Crippen molar-refractivity contribution >= 4 is 0 Å². The van der Waals surface area contributed by atoms with E-state index in [0.29, 0.717) is 0 Å². The molecule has 0 spiro atoms. The quantitative estimate of drug-likeness (QED) is 0.523. The van der Waals surface area contributed by atoms with E-state index < -0.39 is 0 Å². The molecule has 0 aliphatic heterocycles. The van der Waals surface area contributed by atoms with Gasteiger partial charge in [0.25, 0.3) is 0 Å². The Morgan fingerprint density at radius 2 is 1.62 bits per heavy atom. The Kier molecular flexibility index (Phi) is 6.46. The molecule has 0 radical (unpaired) electrons. The molecule has 0 amide bonds. The molecule has 1 fully saturated rings. The van der Waals surface area contributed by atoms with E-state index in [1.807, 2.05) is 0 Å². The summed E-state index contributed by atoms with van der Waals surface area (Å²) < 4.78 is 0. The highest BCUT2D eigenvalue weighted by Gasteiger charge is 2.26. The lowest BCUT2D eigenvalue weighted by atomic mass is 9.87. The molecule has 0 saturated heterocycles. The minimum Gasteiger partial charge on any atom is -0.0654 e. The predicted octanol–water partition coefficient (Wildman–Crippen LogP) is 5.67. The summed E-state index contributed by atoms with van der Waals surface area (Å²) in [5.74, 6) is 4.05. The molecule has 1 saturated carbocycles. The number of hydrogen-bond acceptors (Lipinski definition) is 0. The molecule has 1 aliphatic rings. The van der Waals surface area contributed by atoms with Crippen molar-refractivity contribution in [1.82, 2.24) is 0 Å². The second kappa shape index (κ2) is 7.35. The van der Waals surface area contributed by atoms with Gasteiger partial charge in [-0.2, -0.15) is 0 Å². The molecule has 0 nitrogen and oxygen atoms in total. The first-order chi connectivity index (χ1) is 7.65. The third-order valence-corrected chi connectivity index (χ3v) is 4.40. The third kappa shape index (κ3) is 4.89. The topological polar surface area (TPSA) is 0 Å². The average molecular weight is 224 g/mol. The molecule has 0 heterocycles. The van der Waals surface area contributed by atoms with Crippen molar-refractivity contribution in [2.75, 3.05) is 0 Å². The maximum Gasteiger partial charge on any atom is -0.0409 e. The number of rotatable bonds is 7.